The molecule has 1 aromatic rings. The van der Waals surface area contributed by atoms with Crippen molar-refractivity contribution in [3.63, 3.8) is 0 Å². The summed E-state index contributed by atoms with van der Waals surface area (Å²) in [7, 11) is 0. The molecule has 0 bridgehead atoms. The molecule has 106 valence electrons. The molecule has 0 fully saturated rings. The third-order valence-corrected chi connectivity index (χ3v) is 3.40. The number of nitrogens with one attached hydrogen (secondary N) is 1. The zero-order chi connectivity index (χ0) is 14.5. The number of benzene rings is 1. The highest BCUT2D eigenvalue weighted by Gasteiger charge is 2.11. The van der Waals surface area contributed by atoms with Crippen LogP contribution in [0.3, 0.4) is 0 Å². The molecule has 0 aliphatic heterocycles. The Hall–Kier alpha value is -0.220. The second-order valence-corrected chi connectivity index (χ2v) is 6.82. The number of hydrogen-bond acceptors (Lipinski definition) is 2. The van der Waals surface area contributed by atoms with E-state index in [9.17, 15) is 0 Å². The van der Waals surface area contributed by atoms with Crippen LogP contribution in [0.2, 0.25) is 0 Å². The maximum absolute atomic E-state index is 5.83. The van der Waals surface area contributed by atoms with Crippen molar-refractivity contribution in [1.82, 2.24) is 5.32 Å². The lowest BCUT2D eigenvalue weighted by atomic mass is 10.1. The number of rotatable bonds is 5. The zero-order valence-corrected chi connectivity index (χ0v) is 14.4. The van der Waals surface area contributed by atoms with Crippen molar-refractivity contribution >= 4 is 39.1 Å². The van der Waals surface area contributed by atoms with E-state index in [1.54, 1.807) is 0 Å². The molecular weight excluding hydrogens is 349 g/mol. The summed E-state index contributed by atoms with van der Waals surface area (Å²) < 4.78 is 6.68. The third kappa shape index (κ3) is 6.66. The summed E-state index contributed by atoms with van der Waals surface area (Å²) in [6.07, 6.45) is 0. The van der Waals surface area contributed by atoms with Crippen molar-refractivity contribution in [1.29, 1.82) is 0 Å². The Labute approximate surface area is 133 Å². The average Bonchev–Trinajstić information content (AvgIpc) is 2.33. The van der Waals surface area contributed by atoms with Gasteiger partial charge in [0, 0.05) is 27.7 Å². The predicted octanol–water partition coefficient (Wildman–Crippen LogP) is 5.04. The van der Waals surface area contributed by atoms with Gasteiger partial charge in [0.25, 0.3) is 0 Å². The topological polar surface area (TPSA) is 21.3 Å². The fourth-order valence-corrected chi connectivity index (χ4v) is 1.89. The van der Waals surface area contributed by atoms with Crippen LogP contribution in [0.5, 0.6) is 5.75 Å². The van der Waals surface area contributed by atoms with E-state index < -0.39 is 0 Å². The highest BCUT2D eigenvalue weighted by molar-refractivity contribution is 9.10. The summed E-state index contributed by atoms with van der Waals surface area (Å²) in [5, 5.41) is 3.90. The Morgan fingerprint density at radius 3 is 2.68 bits per heavy atom. The van der Waals surface area contributed by atoms with Gasteiger partial charge in [-0.15, -0.1) is 0 Å². The minimum Gasteiger partial charge on any atom is -0.488 e. The van der Waals surface area contributed by atoms with Gasteiger partial charge in [0.1, 0.15) is 12.4 Å². The fourth-order valence-electron chi connectivity index (χ4n) is 1.37. The van der Waals surface area contributed by atoms with Crippen LogP contribution < -0.4 is 10.1 Å². The third-order valence-electron chi connectivity index (χ3n) is 2.32. The Morgan fingerprint density at radius 1 is 1.42 bits per heavy atom. The summed E-state index contributed by atoms with van der Waals surface area (Å²) in [5.41, 5.74) is 2.43. The Kier molecular flexibility index (Phi) is 6.67. The van der Waals surface area contributed by atoms with Gasteiger partial charge in [0.15, 0.2) is 0 Å². The minimum atomic E-state index is 0.0489. The minimum absolute atomic E-state index is 0.0489. The van der Waals surface area contributed by atoms with Crippen LogP contribution in [0.15, 0.2) is 33.2 Å². The van der Waals surface area contributed by atoms with Gasteiger partial charge < -0.3 is 10.1 Å². The highest BCUT2D eigenvalue weighted by atomic mass is 79.9. The lowest BCUT2D eigenvalue weighted by Gasteiger charge is -2.21. The van der Waals surface area contributed by atoms with E-state index in [1.807, 2.05) is 18.2 Å². The molecule has 0 amide bonds. The zero-order valence-electron chi connectivity index (χ0n) is 11.3. The molecule has 0 spiro atoms. The molecular formula is C14H18BrCl2NO. The van der Waals surface area contributed by atoms with E-state index >= 15 is 0 Å². The van der Waals surface area contributed by atoms with Crippen LogP contribution in [-0.2, 0) is 6.54 Å². The summed E-state index contributed by atoms with van der Waals surface area (Å²) in [6, 6.07) is 5.89. The summed E-state index contributed by atoms with van der Waals surface area (Å²) >= 11 is 14.8. The second kappa shape index (κ2) is 7.53. The van der Waals surface area contributed by atoms with Crippen molar-refractivity contribution in [2.75, 3.05) is 6.61 Å². The van der Waals surface area contributed by atoms with Gasteiger partial charge in [-0.3, -0.25) is 0 Å². The van der Waals surface area contributed by atoms with Crippen molar-refractivity contribution in [3.8, 4) is 5.75 Å². The molecule has 0 aliphatic rings. The van der Waals surface area contributed by atoms with Crippen LogP contribution in [0.25, 0.3) is 0 Å². The molecule has 0 aromatic heterocycles. The molecule has 0 radical (unpaired) electrons. The van der Waals surface area contributed by atoms with Crippen molar-refractivity contribution < 1.29 is 4.74 Å². The predicted molar refractivity (Wildman–Crippen MR) is 86.0 cm³/mol. The van der Waals surface area contributed by atoms with E-state index in [1.165, 1.54) is 5.54 Å². The van der Waals surface area contributed by atoms with E-state index in [-0.39, 0.29) is 12.1 Å². The van der Waals surface area contributed by atoms with Crippen LogP contribution >= 0.6 is 39.1 Å². The molecule has 0 aliphatic carbocycles. The first kappa shape index (κ1) is 16.8. The van der Waals surface area contributed by atoms with Crippen LogP contribution in [0, 0.1) is 0 Å². The maximum Gasteiger partial charge on any atom is 0.125 e. The molecule has 0 saturated heterocycles. The quantitative estimate of drug-likeness (QED) is 0.788. The fraction of sp³-hybridized carbons (Fsp3) is 0.429. The van der Waals surface area contributed by atoms with Gasteiger partial charge in [0.05, 0.1) is 5.03 Å². The van der Waals surface area contributed by atoms with Gasteiger partial charge in [-0.1, -0.05) is 39.1 Å². The number of ether oxygens (including phenoxy) is 1. The van der Waals surface area contributed by atoms with Gasteiger partial charge in [-0.05, 0) is 39.0 Å². The van der Waals surface area contributed by atoms with Gasteiger partial charge >= 0.3 is 0 Å². The standard InChI is InChI=1S/C14H18BrCl2NO/c1-14(2,3)18-8-10-6-11(15)4-5-13(10)19-9-12(17)7-16/h4-7,18H,8-9H2,1-3H3. The Bertz CT molecular complexity index is 455. The molecule has 1 rings (SSSR count). The molecule has 0 heterocycles. The summed E-state index contributed by atoms with van der Waals surface area (Å²) in [4.78, 5) is 0. The van der Waals surface area contributed by atoms with E-state index in [2.05, 4.69) is 42.0 Å². The van der Waals surface area contributed by atoms with Crippen LogP contribution in [0.4, 0.5) is 0 Å². The Balaban J connectivity index is 2.79. The van der Waals surface area contributed by atoms with Crippen molar-refractivity contribution in [2.45, 2.75) is 32.9 Å². The van der Waals surface area contributed by atoms with Gasteiger partial charge in [-0.2, -0.15) is 0 Å². The molecule has 0 atom stereocenters. The van der Waals surface area contributed by atoms with Crippen molar-refractivity contribution in [2.24, 2.45) is 0 Å². The van der Waals surface area contributed by atoms with E-state index in [0.29, 0.717) is 5.03 Å². The first-order valence-corrected chi connectivity index (χ1v) is 7.53. The Morgan fingerprint density at radius 2 is 2.11 bits per heavy atom. The molecule has 5 heteroatoms. The van der Waals surface area contributed by atoms with E-state index in [4.69, 9.17) is 27.9 Å². The lowest BCUT2D eigenvalue weighted by Crippen LogP contribution is -2.35. The molecule has 1 N–H and O–H groups in total. The lowest BCUT2D eigenvalue weighted by molar-refractivity contribution is 0.349. The van der Waals surface area contributed by atoms with Crippen LogP contribution in [-0.4, -0.2) is 12.1 Å². The van der Waals surface area contributed by atoms with Crippen LogP contribution in [0.1, 0.15) is 26.3 Å². The summed E-state index contributed by atoms with van der Waals surface area (Å²) in [6.45, 7) is 7.37. The van der Waals surface area contributed by atoms with Crippen molar-refractivity contribution in [3.05, 3.63) is 38.8 Å². The number of hydrogen-bond donors (Lipinski definition) is 1. The summed E-state index contributed by atoms with van der Waals surface area (Å²) in [5.74, 6) is 0.802. The molecule has 0 unspecified atom stereocenters. The number of halogens is 3. The molecule has 19 heavy (non-hydrogen) atoms. The smallest absolute Gasteiger partial charge is 0.125 e. The average molecular weight is 367 g/mol. The highest BCUT2D eigenvalue weighted by Crippen LogP contribution is 2.24. The largest absolute Gasteiger partial charge is 0.488 e. The first-order chi connectivity index (χ1) is 8.81. The van der Waals surface area contributed by atoms with Gasteiger partial charge in [0.2, 0.25) is 0 Å². The first-order valence-electron chi connectivity index (χ1n) is 5.93. The van der Waals surface area contributed by atoms with E-state index in [0.717, 1.165) is 22.3 Å². The normalized spacial score (nSPS) is 12.6. The monoisotopic (exact) mass is 365 g/mol. The molecule has 1 aromatic carbocycles. The maximum atomic E-state index is 5.83. The molecule has 0 saturated carbocycles. The van der Waals surface area contributed by atoms with Gasteiger partial charge in [-0.25, -0.2) is 0 Å². The second-order valence-electron chi connectivity index (χ2n) is 5.20. The molecule has 2 nitrogen and oxygen atoms in total. The SMILES string of the molecule is CC(C)(C)NCc1cc(Br)ccc1OCC(Cl)=CCl.